The highest BCUT2D eigenvalue weighted by Crippen LogP contribution is 2.20. The zero-order chi connectivity index (χ0) is 20.8. The van der Waals surface area contributed by atoms with Gasteiger partial charge in [-0.3, -0.25) is 14.6 Å². The minimum Gasteiger partial charge on any atom is -0.333 e. The molecule has 0 saturated carbocycles. The van der Waals surface area contributed by atoms with Crippen LogP contribution in [0.2, 0.25) is 0 Å². The van der Waals surface area contributed by atoms with Crippen LogP contribution in [0.3, 0.4) is 0 Å². The number of amides is 2. The molecular formula is C24H25N3O2. The highest BCUT2D eigenvalue weighted by Gasteiger charge is 2.18. The summed E-state index contributed by atoms with van der Waals surface area (Å²) in [5, 5.41) is 2.95. The lowest BCUT2D eigenvalue weighted by Crippen LogP contribution is -2.31. The van der Waals surface area contributed by atoms with Gasteiger partial charge in [-0.25, -0.2) is 0 Å². The molecule has 2 amide bonds. The number of aryl methyl sites for hydroxylation is 2. The molecule has 1 N–H and O–H groups in total. The van der Waals surface area contributed by atoms with E-state index in [-0.39, 0.29) is 17.5 Å². The third-order valence-corrected chi connectivity index (χ3v) is 4.85. The van der Waals surface area contributed by atoms with Crippen LogP contribution in [-0.4, -0.2) is 28.2 Å². The van der Waals surface area contributed by atoms with Gasteiger partial charge in [0.1, 0.15) is 5.69 Å². The summed E-state index contributed by atoms with van der Waals surface area (Å²) in [6.45, 7) is 6.88. The Morgan fingerprint density at radius 2 is 1.66 bits per heavy atom. The molecule has 0 radical (unpaired) electrons. The fraction of sp³-hybridized carbons (Fsp3) is 0.208. The Balaban J connectivity index is 1.79. The number of carbonyl (C=O) groups is 2. The van der Waals surface area contributed by atoms with Crippen LogP contribution < -0.4 is 5.32 Å². The number of aromatic nitrogens is 1. The highest BCUT2D eigenvalue weighted by molar-refractivity contribution is 6.06. The van der Waals surface area contributed by atoms with Crippen molar-refractivity contribution >= 4 is 17.5 Å². The predicted molar refractivity (Wildman–Crippen MR) is 115 cm³/mol. The number of nitrogens with zero attached hydrogens (tertiary/aromatic N) is 2. The van der Waals surface area contributed by atoms with Crippen molar-refractivity contribution < 1.29 is 9.59 Å². The van der Waals surface area contributed by atoms with Crippen LogP contribution in [0.15, 0.2) is 66.9 Å². The first-order valence-electron chi connectivity index (χ1n) is 9.66. The Bertz CT molecular complexity index is 995. The van der Waals surface area contributed by atoms with Crippen LogP contribution in [0, 0.1) is 13.8 Å². The maximum Gasteiger partial charge on any atom is 0.272 e. The van der Waals surface area contributed by atoms with E-state index in [4.69, 9.17) is 0 Å². The number of nitrogens with one attached hydrogen (secondary N) is 1. The van der Waals surface area contributed by atoms with Gasteiger partial charge in [0, 0.05) is 30.5 Å². The van der Waals surface area contributed by atoms with Crippen LogP contribution in [0.1, 0.15) is 44.5 Å². The van der Waals surface area contributed by atoms with Gasteiger partial charge in [0.15, 0.2) is 0 Å². The Labute approximate surface area is 171 Å². The van der Waals surface area contributed by atoms with Crippen molar-refractivity contribution in [3.63, 3.8) is 0 Å². The largest absolute Gasteiger partial charge is 0.333 e. The number of para-hydroxylation sites is 1. The highest BCUT2D eigenvalue weighted by atomic mass is 16.2. The Hall–Kier alpha value is -3.47. The Kier molecular flexibility index (Phi) is 6.39. The smallest absolute Gasteiger partial charge is 0.272 e. The van der Waals surface area contributed by atoms with Crippen LogP contribution in [0.5, 0.6) is 0 Å². The monoisotopic (exact) mass is 387 g/mol. The van der Waals surface area contributed by atoms with Gasteiger partial charge in [0.2, 0.25) is 0 Å². The molecule has 0 spiro atoms. The third kappa shape index (κ3) is 4.88. The van der Waals surface area contributed by atoms with Gasteiger partial charge >= 0.3 is 0 Å². The van der Waals surface area contributed by atoms with Crippen molar-refractivity contribution in [3.05, 3.63) is 94.8 Å². The molecule has 3 rings (SSSR count). The first-order valence-corrected chi connectivity index (χ1v) is 9.66. The molecule has 2 aromatic carbocycles. The summed E-state index contributed by atoms with van der Waals surface area (Å²) < 4.78 is 0. The van der Waals surface area contributed by atoms with Gasteiger partial charge in [-0.05, 0) is 49.6 Å². The Morgan fingerprint density at radius 1 is 0.966 bits per heavy atom. The Morgan fingerprint density at radius 3 is 2.31 bits per heavy atom. The molecule has 0 aliphatic heterocycles. The van der Waals surface area contributed by atoms with E-state index < -0.39 is 0 Å². The molecular weight excluding hydrogens is 362 g/mol. The standard InChI is InChI=1S/C24H25N3O2/c1-4-27(16-19-11-6-5-7-12-19)24(29)21-15-20(13-14-25-21)23(28)26-22-17(2)9-8-10-18(22)3/h5-15H,4,16H2,1-3H3,(H,26,28). The van der Waals surface area contributed by atoms with Crippen molar-refractivity contribution in [2.75, 3.05) is 11.9 Å². The molecule has 1 heterocycles. The zero-order valence-electron chi connectivity index (χ0n) is 17.0. The molecule has 0 aliphatic rings. The lowest BCUT2D eigenvalue weighted by atomic mass is 10.1. The topological polar surface area (TPSA) is 62.3 Å². The fourth-order valence-corrected chi connectivity index (χ4v) is 3.18. The van der Waals surface area contributed by atoms with Crippen molar-refractivity contribution in [1.29, 1.82) is 0 Å². The molecule has 0 unspecified atom stereocenters. The predicted octanol–water partition coefficient (Wildman–Crippen LogP) is 4.61. The molecule has 0 atom stereocenters. The van der Waals surface area contributed by atoms with E-state index >= 15 is 0 Å². The lowest BCUT2D eigenvalue weighted by Gasteiger charge is -2.21. The van der Waals surface area contributed by atoms with Crippen LogP contribution >= 0.6 is 0 Å². The van der Waals surface area contributed by atoms with Gasteiger partial charge < -0.3 is 10.2 Å². The zero-order valence-corrected chi connectivity index (χ0v) is 17.0. The summed E-state index contributed by atoms with van der Waals surface area (Å²) in [6.07, 6.45) is 1.50. The molecule has 0 fully saturated rings. The van der Waals surface area contributed by atoms with E-state index in [1.165, 1.54) is 6.20 Å². The number of rotatable bonds is 6. The van der Waals surface area contributed by atoms with E-state index in [0.717, 1.165) is 22.4 Å². The second kappa shape index (κ2) is 9.15. The first-order chi connectivity index (χ1) is 14.0. The molecule has 148 valence electrons. The number of pyridine rings is 1. The van der Waals surface area contributed by atoms with Crippen molar-refractivity contribution in [2.24, 2.45) is 0 Å². The van der Waals surface area contributed by atoms with E-state index in [9.17, 15) is 9.59 Å². The molecule has 29 heavy (non-hydrogen) atoms. The summed E-state index contributed by atoms with van der Waals surface area (Å²) in [5.74, 6) is -0.456. The van der Waals surface area contributed by atoms with Gasteiger partial charge in [-0.15, -0.1) is 0 Å². The molecule has 1 aromatic heterocycles. The van der Waals surface area contributed by atoms with Gasteiger partial charge in [0.25, 0.3) is 11.8 Å². The van der Waals surface area contributed by atoms with E-state index in [0.29, 0.717) is 18.7 Å². The second-order valence-corrected chi connectivity index (χ2v) is 6.96. The molecule has 0 aliphatic carbocycles. The van der Waals surface area contributed by atoms with Gasteiger partial charge in [-0.1, -0.05) is 48.5 Å². The van der Waals surface area contributed by atoms with Crippen molar-refractivity contribution in [2.45, 2.75) is 27.3 Å². The lowest BCUT2D eigenvalue weighted by molar-refractivity contribution is 0.0746. The number of hydrogen-bond acceptors (Lipinski definition) is 3. The van der Waals surface area contributed by atoms with E-state index in [2.05, 4.69) is 10.3 Å². The maximum atomic E-state index is 13.0. The van der Waals surface area contributed by atoms with E-state index in [1.54, 1.807) is 17.0 Å². The summed E-state index contributed by atoms with van der Waals surface area (Å²) >= 11 is 0. The third-order valence-electron chi connectivity index (χ3n) is 4.85. The van der Waals surface area contributed by atoms with Crippen molar-refractivity contribution in [1.82, 2.24) is 9.88 Å². The average molecular weight is 387 g/mol. The normalized spacial score (nSPS) is 10.4. The second-order valence-electron chi connectivity index (χ2n) is 6.96. The summed E-state index contributed by atoms with van der Waals surface area (Å²) in [6, 6.07) is 18.8. The minimum absolute atomic E-state index is 0.196. The SMILES string of the molecule is CCN(Cc1ccccc1)C(=O)c1cc(C(=O)Nc2c(C)cccc2C)ccn1. The van der Waals surface area contributed by atoms with Crippen LogP contribution in [0.4, 0.5) is 5.69 Å². The van der Waals surface area contributed by atoms with Crippen LogP contribution in [0.25, 0.3) is 0 Å². The summed E-state index contributed by atoms with van der Waals surface area (Å²) in [7, 11) is 0. The van der Waals surface area contributed by atoms with Crippen molar-refractivity contribution in [3.8, 4) is 0 Å². The maximum absolute atomic E-state index is 13.0. The van der Waals surface area contributed by atoms with Gasteiger partial charge in [0.05, 0.1) is 0 Å². The van der Waals surface area contributed by atoms with E-state index in [1.807, 2.05) is 69.3 Å². The summed E-state index contributed by atoms with van der Waals surface area (Å²) in [4.78, 5) is 31.6. The van der Waals surface area contributed by atoms with Crippen LogP contribution in [-0.2, 0) is 6.54 Å². The molecule has 5 heteroatoms. The quantitative estimate of drug-likeness (QED) is 0.672. The number of hydrogen-bond donors (Lipinski definition) is 1. The number of benzene rings is 2. The molecule has 0 saturated heterocycles. The first kappa shape index (κ1) is 20.3. The average Bonchev–Trinajstić information content (AvgIpc) is 2.75. The van der Waals surface area contributed by atoms with Gasteiger partial charge in [-0.2, -0.15) is 0 Å². The molecule has 5 nitrogen and oxygen atoms in total. The summed E-state index contributed by atoms with van der Waals surface area (Å²) in [5.41, 5.74) is 4.49. The number of anilines is 1. The molecule has 3 aromatic rings. The minimum atomic E-state index is -0.259. The number of carbonyl (C=O) groups excluding carboxylic acids is 2. The fourth-order valence-electron chi connectivity index (χ4n) is 3.18. The molecule has 0 bridgehead atoms.